The van der Waals surface area contributed by atoms with Crippen LogP contribution in [-0.2, 0) is 11.3 Å². The van der Waals surface area contributed by atoms with Crippen molar-refractivity contribution in [3.63, 3.8) is 0 Å². The monoisotopic (exact) mass is 494 g/mol. The van der Waals surface area contributed by atoms with Crippen LogP contribution in [-0.4, -0.2) is 48.9 Å². The molecule has 3 aromatic carbocycles. The van der Waals surface area contributed by atoms with Crippen molar-refractivity contribution >= 4 is 38.5 Å². The number of halogens is 1. The molecule has 0 N–H and O–H groups in total. The molecule has 2 amide bonds. The number of carbonyl (C=O) groups excluding carboxylic acids is 2. The molecule has 0 unspecified atom stereocenters. The van der Waals surface area contributed by atoms with E-state index in [0.29, 0.717) is 38.0 Å². The molecule has 1 heterocycles. The maximum atomic E-state index is 13.3. The number of carbonyl (C=O) groups is 2. The zero-order chi connectivity index (χ0) is 22.7. The summed E-state index contributed by atoms with van der Waals surface area (Å²) in [6, 6.07) is 19.4. The first kappa shape index (κ1) is 22.3. The van der Waals surface area contributed by atoms with Crippen LogP contribution < -0.4 is 4.74 Å². The number of benzene rings is 3. The summed E-state index contributed by atoms with van der Waals surface area (Å²) in [6.07, 6.45) is 1.36. The Balaban J connectivity index is 1.42. The third-order valence-corrected chi connectivity index (χ3v) is 6.98. The van der Waals surface area contributed by atoms with Gasteiger partial charge in [0.1, 0.15) is 5.75 Å². The predicted octanol–water partition coefficient (Wildman–Crippen LogP) is 5.12. The summed E-state index contributed by atoms with van der Waals surface area (Å²) in [7, 11) is 3.49. The average Bonchev–Trinajstić information content (AvgIpc) is 2.84. The molecule has 166 valence electrons. The Bertz CT molecular complexity index is 1140. The molecule has 0 radical (unpaired) electrons. The van der Waals surface area contributed by atoms with Gasteiger partial charge in [-0.15, -0.1) is 0 Å². The SMILES string of the molecule is COc1ccc(C(=O)N2CCC(C(=O)N(C)Cc3ccccc3Br)CC2)c2ccccc12. The number of likely N-dealkylation sites (tertiary alicyclic amines) is 1. The third-order valence-electron chi connectivity index (χ3n) is 6.21. The highest BCUT2D eigenvalue weighted by Gasteiger charge is 2.30. The van der Waals surface area contributed by atoms with Crippen LogP contribution in [0.25, 0.3) is 10.8 Å². The van der Waals surface area contributed by atoms with Gasteiger partial charge in [0.2, 0.25) is 5.91 Å². The van der Waals surface area contributed by atoms with Gasteiger partial charge in [-0.3, -0.25) is 9.59 Å². The summed E-state index contributed by atoms with van der Waals surface area (Å²) in [5.74, 6) is 0.854. The normalized spacial score (nSPS) is 14.4. The summed E-state index contributed by atoms with van der Waals surface area (Å²) in [4.78, 5) is 29.9. The minimum absolute atomic E-state index is 0.0105. The zero-order valence-corrected chi connectivity index (χ0v) is 20.0. The van der Waals surface area contributed by atoms with Gasteiger partial charge in [-0.05, 0) is 42.0 Å². The molecule has 32 heavy (non-hydrogen) atoms. The number of hydrogen-bond donors (Lipinski definition) is 0. The maximum Gasteiger partial charge on any atom is 0.254 e. The molecule has 1 aliphatic rings. The fourth-order valence-corrected chi connectivity index (χ4v) is 4.82. The van der Waals surface area contributed by atoms with Gasteiger partial charge in [-0.2, -0.15) is 0 Å². The lowest BCUT2D eigenvalue weighted by Gasteiger charge is -2.33. The predicted molar refractivity (Wildman–Crippen MR) is 130 cm³/mol. The van der Waals surface area contributed by atoms with Crippen LogP contribution >= 0.6 is 15.9 Å². The Morgan fingerprint density at radius 1 is 1.00 bits per heavy atom. The van der Waals surface area contributed by atoms with Crippen LogP contribution in [0.3, 0.4) is 0 Å². The second kappa shape index (κ2) is 9.74. The molecule has 5 nitrogen and oxygen atoms in total. The Morgan fingerprint density at radius 2 is 1.66 bits per heavy atom. The minimum Gasteiger partial charge on any atom is -0.496 e. The van der Waals surface area contributed by atoms with Crippen molar-refractivity contribution in [3.8, 4) is 5.75 Å². The van der Waals surface area contributed by atoms with Gasteiger partial charge in [0.15, 0.2) is 0 Å². The Kier molecular flexibility index (Phi) is 6.80. The molecule has 3 aromatic rings. The summed E-state index contributed by atoms with van der Waals surface area (Å²) in [6.45, 7) is 1.73. The largest absolute Gasteiger partial charge is 0.496 e. The summed E-state index contributed by atoms with van der Waals surface area (Å²) in [5, 5.41) is 1.82. The third kappa shape index (κ3) is 4.51. The molecule has 4 rings (SSSR count). The number of fused-ring (bicyclic) bond motifs is 1. The molecule has 0 spiro atoms. The lowest BCUT2D eigenvalue weighted by atomic mass is 9.94. The second-order valence-electron chi connectivity index (χ2n) is 8.21. The standard InChI is InChI=1S/C26H27BrN2O3/c1-28(17-19-7-3-6-10-23(19)27)25(30)18-13-15-29(16-14-18)26(31)22-11-12-24(32-2)21-9-5-4-8-20(21)22/h3-12,18H,13-17H2,1-2H3. The zero-order valence-electron chi connectivity index (χ0n) is 18.4. The van der Waals surface area contributed by atoms with E-state index >= 15 is 0 Å². The Labute approximate surface area is 197 Å². The van der Waals surface area contributed by atoms with Crippen molar-refractivity contribution in [2.24, 2.45) is 5.92 Å². The van der Waals surface area contributed by atoms with Crippen LogP contribution in [0.2, 0.25) is 0 Å². The van der Waals surface area contributed by atoms with Gasteiger partial charge in [0.25, 0.3) is 5.91 Å². The summed E-state index contributed by atoms with van der Waals surface area (Å²) in [5.41, 5.74) is 1.76. The number of amides is 2. The summed E-state index contributed by atoms with van der Waals surface area (Å²) >= 11 is 3.55. The van der Waals surface area contributed by atoms with Crippen molar-refractivity contribution in [2.75, 3.05) is 27.2 Å². The van der Waals surface area contributed by atoms with Gasteiger partial charge >= 0.3 is 0 Å². The molecule has 0 saturated carbocycles. The highest BCUT2D eigenvalue weighted by Crippen LogP contribution is 2.30. The van der Waals surface area contributed by atoms with E-state index in [9.17, 15) is 9.59 Å². The Morgan fingerprint density at radius 3 is 2.34 bits per heavy atom. The molecule has 0 aliphatic carbocycles. The van der Waals surface area contributed by atoms with Gasteiger partial charge in [0.05, 0.1) is 7.11 Å². The van der Waals surface area contributed by atoms with Crippen LogP contribution in [0.15, 0.2) is 65.1 Å². The lowest BCUT2D eigenvalue weighted by Crippen LogP contribution is -2.43. The first-order chi connectivity index (χ1) is 15.5. The topological polar surface area (TPSA) is 49.9 Å². The van der Waals surface area contributed by atoms with Gasteiger partial charge < -0.3 is 14.5 Å². The number of rotatable bonds is 5. The second-order valence-corrected chi connectivity index (χ2v) is 9.07. The van der Waals surface area contributed by atoms with Crippen molar-refractivity contribution in [1.29, 1.82) is 0 Å². The van der Waals surface area contributed by atoms with Gasteiger partial charge in [0, 0.05) is 48.0 Å². The summed E-state index contributed by atoms with van der Waals surface area (Å²) < 4.78 is 6.46. The molecular weight excluding hydrogens is 468 g/mol. The first-order valence-corrected chi connectivity index (χ1v) is 11.6. The molecule has 6 heteroatoms. The van der Waals surface area contributed by atoms with E-state index in [1.165, 1.54) is 0 Å². The van der Waals surface area contributed by atoms with Crippen LogP contribution in [0.5, 0.6) is 5.75 Å². The van der Waals surface area contributed by atoms with Crippen molar-refractivity contribution in [3.05, 3.63) is 76.3 Å². The quantitative estimate of drug-likeness (QED) is 0.494. The number of hydrogen-bond acceptors (Lipinski definition) is 3. The molecule has 1 fully saturated rings. The van der Waals surface area contributed by atoms with Crippen LogP contribution in [0, 0.1) is 5.92 Å². The minimum atomic E-state index is -0.0563. The van der Waals surface area contributed by atoms with Gasteiger partial charge in [-0.1, -0.05) is 58.4 Å². The number of nitrogens with zero attached hydrogens (tertiary/aromatic N) is 2. The lowest BCUT2D eigenvalue weighted by molar-refractivity contribution is -0.136. The van der Waals surface area contributed by atoms with Crippen LogP contribution in [0.4, 0.5) is 0 Å². The number of ether oxygens (including phenoxy) is 1. The van der Waals surface area contributed by atoms with Crippen molar-refractivity contribution < 1.29 is 14.3 Å². The number of methoxy groups -OCH3 is 1. The highest BCUT2D eigenvalue weighted by molar-refractivity contribution is 9.10. The van der Waals surface area contributed by atoms with Crippen molar-refractivity contribution in [1.82, 2.24) is 9.80 Å². The van der Waals surface area contributed by atoms with E-state index < -0.39 is 0 Å². The van der Waals surface area contributed by atoms with Crippen LogP contribution in [0.1, 0.15) is 28.8 Å². The Hall–Kier alpha value is -2.86. The van der Waals surface area contributed by atoms with Gasteiger partial charge in [-0.25, -0.2) is 0 Å². The van der Waals surface area contributed by atoms with E-state index in [0.717, 1.165) is 26.6 Å². The van der Waals surface area contributed by atoms with E-state index in [1.54, 1.807) is 12.0 Å². The van der Waals surface area contributed by atoms with E-state index in [-0.39, 0.29) is 17.7 Å². The maximum absolute atomic E-state index is 13.3. The number of piperidine rings is 1. The highest BCUT2D eigenvalue weighted by atomic mass is 79.9. The van der Waals surface area contributed by atoms with E-state index in [1.807, 2.05) is 72.6 Å². The fourth-order valence-electron chi connectivity index (χ4n) is 4.41. The molecule has 1 aliphatic heterocycles. The first-order valence-electron chi connectivity index (χ1n) is 10.8. The fraction of sp³-hybridized carbons (Fsp3) is 0.308. The average molecular weight is 495 g/mol. The van der Waals surface area contributed by atoms with E-state index in [2.05, 4.69) is 15.9 Å². The molecule has 0 aromatic heterocycles. The molecule has 1 saturated heterocycles. The molecule has 0 bridgehead atoms. The molecule has 0 atom stereocenters. The van der Waals surface area contributed by atoms with E-state index in [4.69, 9.17) is 4.74 Å². The smallest absolute Gasteiger partial charge is 0.254 e. The van der Waals surface area contributed by atoms with Crippen molar-refractivity contribution in [2.45, 2.75) is 19.4 Å². The molecular formula is C26H27BrN2O3.